The fourth-order valence-corrected chi connectivity index (χ4v) is 5.45. The van der Waals surface area contributed by atoms with Crippen molar-refractivity contribution in [1.82, 2.24) is 14.7 Å². The van der Waals surface area contributed by atoms with Crippen molar-refractivity contribution in [2.24, 2.45) is 0 Å². The number of carbonyl (C=O) groups excluding carboxylic acids is 2. The third-order valence-corrected chi connectivity index (χ3v) is 7.74. The van der Waals surface area contributed by atoms with Crippen molar-refractivity contribution in [1.29, 1.82) is 0 Å². The van der Waals surface area contributed by atoms with Gasteiger partial charge in [-0.25, -0.2) is 4.79 Å². The van der Waals surface area contributed by atoms with Crippen LogP contribution in [0.2, 0.25) is 0 Å². The van der Waals surface area contributed by atoms with Gasteiger partial charge in [0.05, 0.1) is 18.4 Å². The lowest BCUT2D eigenvalue weighted by atomic mass is 10.0. The molecule has 8 nitrogen and oxygen atoms in total. The molecule has 0 bridgehead atoms. The number of unbranched alkanes of at least 4 members (excludes halogenated alkanes) is 2. The van der Waals surface area contributed by atoms with Gasteiger partial charge >= 0.3 is 5.97 Å². The van der Waals surface area contributed by atoms with Crippen molar-refractivity contribution in [3.05, 3.63) is 29.3 Å². The molecule has 3 aliphatic rings. The molecular formula is C24H32N4O4S2. The van der Waals surface area contributed by atoms with Crippen molar-refractivity contribution < 1.29 is 19.1 Å². The number of carbonyl (C=O) groups is 2. The minimum absolute atomic E-state index is 0.0467. The largest absolute Gasteiger partial charge is 0.474 e. The smallest absolute Gasteiger partial charge is 0.338 e. The Bertz CT molecular complexity index is 991. The quantitative estimate of drug-likeness (QED) is 0.317. The van der Waals surface area contributed by atoms with Crippen LogP contribution >= 0.6 is 24.4 Å². The zero-order valence-corrected chi connectivity index (χ0v) is 21.7. The predicted octanol–water partition coefficient (Wildman–Crippen LogP) is 2.79. The van der Waals surface area contributed by atoms with Crippen molar-refractivity contribution in [3.8, 4) is 0 Å². The molecule has 0 saturated carbocycles. The van der Waals surface area contributed by atoms with Crippen molar-refractivity contribution in [2.75, 3.05) is 51.3 Å². The molecule has 0 N–H and O–H groups in total. The van der Waals surface area contributed by atoms with Gasteiger partial charge in [-0.2, -0.15) is 0 Å². The monoisotopic (exact) mass is 504 g/mol. The van der Waals surface area contributed by atoms with E-state index >= 15 is 0 Å². The minimum atomic E-state index is -0.710. The lowest BCUT2D eigenvalue weighted by Gasteiger charge is -2.35. The first-order chi connectivity index (χ1) is 16.2. The number of hydrogen-bond acceptors (Lipinski definition) is 7. The van der Waals surface area contributed by atoms with Crippen LogP contribution in [0.1, 0.15) is 49.0 Å². The topological polar surface area (TPSA) is 65.6 Å². The Labute approximate surface area is 211 Å². The maximum absolute atomic E-state index is 13.3. The van der Waals surface area contributed by atoms with Crippen LogP contribution in [0.25, 0.3) is 0 Å². The number of cyclic esters (lactones) is 1. The van der Waals surface area contributed by atoms with Gasteiger partial charge in [-0.05, 0) is 75.9 Å². The van der Waals surface area contributed by atoms with Crippen LogP contribution in [0.4, 0.5) is 5.69 Å². The molecule has 2 fully saturated rings. The summed E-state index contributed by atoms with van der Waals surface area (Å²) in [5, 5.41) is 1.10. The van der Waals surface area contributed by atoms with Gasteiger partial charge in [0.15, 0.2) is 5.11 Å². The summed E-state index contributed by atoms with van der Waals surface area (Å²) in [6, 6.07) is 5.32. The summed E-state index contributed by atoms with van der Waals surface area (Å²) in [5.41, 5.74) is 1.33. The second kappa shape index (κ2) is 10.1. The van der Waals surface area contributed by atoms with Crippen molar-refractivity contribution in [2.45, 2.75) is 45.3 Å². The van der Waals surface area contributed by atoms with Crippen LogP contribution in [0, 0.1) is 0 Å². The molecule has 1 aromatic carbocycles. The number of ether oxygens (including phenoxy) is 2. The van der Waals surface area contributed by atoms with E-state index in [0.29, 0.717) is 21.5 Å². The van der Waals surface area contributed by atoms with Gasteiger partial charge in [-0.1, -0.05) is 6.42 Å². The zero-order chi connectivity index (χ0) is 24.5. The summed E-state index contributed by atoms with van der Waals surface area (Å²) in [6.45, 7) is 9.67. The number of rotatable bonds is 7. The number of thiocarbonyl (C=S) groups is 2. The van der Waals surface area contributed by atoms with E-state index in [1.165, 1.54) is 0 Å². The van der Waals surface area contributed by atoms with Gasteiger partial charge in [0.2, 0.25) is 0 Å². The van der Waals surface area contributed by atoms with Gasteiger partial charge in [0.1, 0.15) is 12.1 Å². The Hall–Kier alpha value is -2.30. The molecule has 0 atom stereocenters. The van der Waals surface area contributed by atoms with E-state index in [2.05, 4.69) is 9.80 Å². The number of esters is 1. The molecule has 1 aromatic rings. The molecule has 0 spiro atoms. The molecule has 0 aliphatic carbocycles. The van der Waals surface area contributed by atoms with Gasteiger partial charge in [0.25, 0.3) is 11.1 Å². The Morgan fingerprint density at radius 1 is 1.09 bits per heavy atom. The molecule has 34 heavy (non-hydrogen) atoms. The normalized spacial score (nSPS) is 20.1. The highest BCUT2D eigenvalue weighted by atomic mass is 32.1. The summed E-state index contributed by atoms with van der Waals surface area (Å²) in [4.78, 5) is 33.2. The summed E-state index contributed by atoms with van der Waals surface area (Å²) in [5.74, 6) is -0.367. The van der Waals surface area contributed by atoms with Crippen LogP contribution in [0.5, 0.6) is 0 Å². The van der Waals surface area contributed by atoms with Crippen LogP contribution in [-0.2, 0) is 20.9 Å². The van der Waals surface area contributed by atoms with Crippen LogP contribution in [-0.4, -0.2) is 88.8 Å². The average molecular weight is 505 g/mol. The number of fused-ring (bicyclic) bond motifs is 1. The predicted molar refractivity (Wildman–Crippen MR) is 138 cm³/mol. The molecule has 1 amide bonds. The Balaban J connectivity index is 1.28. The maximum Gasteiger partial charge on any atom is 0.338 e. The Kier molecular flexibility index (Phi) is 7.39. The summed E-state index contributed by atoms with van der Waals surface area (Å²) >= 11 is 11.0. The van der Waals surface area contributed by atoms with Crippen molar-refractivity contribution >= 4 is 52.3 Å². The highest BCUT2D eigenvalue weighted by Crippen LogP contribution is 2.34. The molecule has 10 heteroatoms. The van der Waals surface area contributed by atoms with Gasteiger partial charge in [-0.3, -0.25) is 14.6 Å². The summed E-state index contributed by atoms with van der Waals surface area (Å²) in [6.07, 6.45) is 3.13. The first-order valence-electron chi connectivity index (χ1n) is 11.8. The lowest BCUT2D eigenvalue weighted by molar-refractivity contribution is -0.123. The fourth-order valence-electron chi connectivity index (χ4n) is 4.76. The first-order valence-corrected chi connectivity index (χ1v) is 12.6. The molecule has 0 unspecified atom stereocenters. The second-order valence-electron chi connectivity index (χ2n) is 9.41. The number of benzene rings is 1. The number of hydrogen-bond donors (Lipinski definition) is 0. The highest BCUT2D eigenvalue weighted by Gasteiger charge is 2.49. The van der Waals surface area contributed by atoms with Gasteiger partial charge in [-0.15, -0.1) is 0 Å². The first kappa shape index (κ1) is 24.8. The van der Waals surface area contributed by atoms with E-state index < -0.39 is 5.54 Å². The third kappa shape index (κ3) is 4.76. The van der Waals surface area contributed by atoms with E-state index in [9.17, 15) is 9.59 Å². The number of anilines is 1. The molecular weight excluding hydrogens is 472 g/mol. The molecule has 2 saturated heterocycles. The van der Waals surface area contributed by atoms with E-state index in [1.54, 1.807) is 24.1 Å². The highest BCUT2D eigenvalue weighted by molar-refractivity contribution is 7.80. The van der Waals surface area contributed by atoms with Crippen molar-refractivity contribution in [3.63, 3.8) is 0 Å². The molecule has 4 rings (SSSR count). The Morgan fingerprint density at radius 2 is 1.79 bits per heavy atom. The molecule has 0 radical (unpaired) electrons. The van der Waals surface area contributed by atoms with E-state index in [1.807, 2.05) is 24.8 Å². The summed E-state index contributed by atoms with van der Waals surface area (Å²) in [7, 11) is 1.62. The fraction of sp³-hybridized carbons (Fsp3) is 0.583. The lowest BCUT2D eigenvalue weighted by Crippen LogP contribution is -2.48. The molecule has 3 aliphatic heterocycles. The number of nitrogens with zero attached hydrogens (tertiary/aromatic N) is 4. The molecule has 3 heterocycles. The van der Waals surface area contributed by atoms with E-state index in [-0.39, 0.29) is 18.5 Å². The molecule has 0 aromatic heterocycles. The van der Waals surface area contributed by atoms with Crippen LogP contribution < -0.4 is 4.90 Å². The average Bonchev–Trinajstić information content (AvgIpc) is 3.28. The number of methoxy groups -OCH3 is 1. The van der Waals surface area contributed by atoms with Gasteiger partial charge < -0.3 is 19.3 Å². The Morgan fingerprint density at radius 3 is 2.50 bits per heavy atom. The second-order valence-corrected chi connectivity index (χ2v) is 10.1. The van der Waals surface area contributed by atoms with E-state index in [0.717, 1.165) is 64.1 Å². The third-order valence-electron chi connectivity index (χ3n) is 6.91. The van der Waals surface area contributed by atoms with E-state index in [4.69, 9.17) is 33.9 Å². The van der Waals surface area contributed by atoms with Gasteiger partial charge in [0, 0.05) is 38.3 Å². The van der Waals surface area contributed by atoms with Crippen LogP contribution in [0.3, 0.4) is 0 Å². The number of piperazine rings is 1. The summed E-state index contributed by atoms with van der Waals surface area (Å²) < 4.78 is 10.3. The zero-order valence-electron chi connectivity index (χ0n) is 20.0. The molecule has 184 valence electrons. The minimum Gasteiger partial charge on any atom is -0.474 e. The maximum atomic E-state index is 13.3. The SMILES string of the molecule is COC(=S)N1CCN(CCCCCN2C(=S)N(c3ccc4c(c3)COC4=O)C(=O)C2(C)C)CC1. The van der Waals surface area contributed by atoms with Crippen LogP contribution in [0.15, 0.2) is 18.2 Å². The standard InChI is InChI=1S/C24H32N4O4S2/c1-24(2)21(30)28(18-7-8-19-17(15-18)16-32-20(19)29)22(33)27(24)10-6-4-5-9-25-11-13-26(14-12-25)23(34)31-3/h7-8,15H,4-6,9-14,16H2,1-3H3. The number of amides is 1.